The number of carbonyl (C=O) groups excluding carboxylic acids is 2. The number of rotatable bonds is 7. The van der Waals surface area contributed by atoms with Gasteiger partial charge in [0.2, 0.25) is 5.91 Å². The van der Waals surface area contributed by atoms with E-state index < -0.39 is 0 Å². The van der Waals surface area contributed by atoms with Gasteiger partial charge in [-0.3, -0.25) is 9.59 Å². The molecule has 3 aromatic carbocycles. The van der Waals surface area contributed by atoms with Crippen LogP contribution < -0.4 is 10.6 Å². The summed E-state index contributed by atoms with van der Waals surface area (Å²) in [5.74, 6) is 0.914. The third-order valence-electron chi connectivity index (χ3n) is 5.20. The van der Waals surface area contributed by atoms with Crippen LogP contribution in [0.3, 0.4) is 0 Å². The quantitative estimate of drug-likeness (QED) is 0.411. The van der Waals surface area contributed by atoms with E-state index in [-0.39, 0.29) is 17.2 Å². The fraction of sp³-hybridized carbons (Fsp3) is 0.286. The molecule has 0 unspecified atom stereocenters. The van der Waals surface area contributed by atoms with Gasteiger partial charge in [0.1, 0.15) is 0 Å². The molecule has 0 aliphatic carbocycles. The number of hydrogen-bond acceptors (Lipinski definition) is 3. The highest BCUT2D eigenvalue weighted by molar-refractivity contribution is 7.99. The Morgan fingerprint density at radius 2 is 1.42 bits per heavy atom. The minimum Gasteiger partial charge on any atom is -0.325 e. The first-order valence-corrected chi connectivity index (χ1v) is 12.2. The van der Waals surface area contributed by atoms with E-state index in [4.69, 9.17) is 0 Å². The maximum atomic E-state index is 12.6. The SMILES string of the molecule is Cc1cc(C)cc(CSCC(=O)Nc2cccc(NC(=O)c3ccc(C(C)(C)C)cc3)c2)c1. The Bertz CT molecular complexity index is 1110. The highest BCUT2D eigenvalue weighted by Crippen LogP contribution is 2.23. The van der Waals surface area contributed by atoms with Crippen molar-refractivity contribution in [2.75, 3.05) is 16.4 Å². The number of amides is 2. The maximum Gasteiger partial charge on any atom is 0.255 e. The van der Waals surface area contributed by atoms with Gasteiger partial charge in [-0.05, 0) is 60.7 Å². The Kier molecular flexibility index (Phi) is 7.98. The second-order valence-electron chi connectivity index (χ2n) is 9.40. The summed E-state index contributed by atoms with van der Waals surface area (Å²) in [6, 6.07) is 21.3. The molecule has 0 bridgehead atoms. The van der Waals surface area contributed by atoms with Crippen molar-refractivity contribution >= 4 is 35.0 Å². The maximum absolute atomic E-state index is 12.6. The van der Waals surface area contributed by atoms with E-state index in [1.165, 1.54) is 22.3 Å². The Morgan fingerprint density at radius 1 is 0.818 bits per heavy atom. The predicted molar refractivity (Wildman–Crippen MR) is 140 cm³/mol. The third kappa shape index (κ3) is 7.50. The van der Waals surface area contributed by atoms with Crippen LogP contribution in [0.1, 0.15) is 53.4 Å². The van der Waals surface area contributed by atoms with Crippen LogP contribution in [0.2, 0.25) is 0 Å². The lowest BCUT2D eigenvalue weighted by Gasteiger charge is -2.19. The van der Waals surface area contributed by atoms with E-state index in [9.17, 15) is 9.59 Å². The summed E-state index contributed by atoms with van der Waals surface area (Å²) < 4.78 is 0. The minimum atomic E-state index is -0.178. The fourth-order valence-electron chi connectivity index (χ4n) is 3.61. The zero-order chi connectivity index (χ0) is 24.0. The van der Waals surface area contributed by atoms with Crippen LogP contribution in [0.4, 0.5) is 11.4 Å². The van der Waals surface area contributed by atoms with Crippen molar-refractivity contribution in [1.29, 1.82) is 0 Å². The summed E-state index contributed by atoms with van der Waals surface area (Å²) in [4.78, 5) is 25.0. The predicted octanol–water partition coefficient (Wildman–Crippen LogP) is 6.73. The van der Waals surface area contributed by atoms with Crippen LogP contribution in [0.25, 0.3) is 0 Å². The number of anilines is 2. The van der Waals surface area contributed by atoms with Crippen molar-refractivity contribution in [3.63, 3.8) is 0 Å². The van der Waals surface area contributed by atoms with Gasteiger partial charge < -0.3 is 10.6 Å². The molecule has 5 heteroatoms. The molecule has 3 aromatic rings. The zero-order valence-electron chi connectivity index (χ0n) is 20.0. The molecule has 0 fully saturated rings. The van der Waals surface area contributed by atoms with Crippen molar-refractivity contribution in [1.82, 2.24) is 0 Å². The Hall–Kier alpha value is -3.05. The van der Waals surface area contributed by atoms with E-state index in [0.29, 0.717) is 22.7 Å². The van der Waals surface area contributed by atoms with Crippen LogP contribution in [0, 0.1) is 13.8 Å². The summed E-state index contributed by atoms with van der Waals surface area (Å²) >= 11 is 1.58. The Labute approximate surface area is 201 Å². The van der Waals surface area contributed by atoms with Crippen LogP contribution in [-0.2, 0) is 16.0 Å². The third-order valence-corrected chi connectivity index (χ3v) is 6.20. The van der Waals surface area contributed by atoms with Gasteiger partial charge in [0.25, 0.3) is 5.91 Å². The first kappa shape index (κ1) is 24.6. The lowest BCUT2D eigenvalue weighted by atomic mass is 9.87. The van der Waals surface area contributed by atoms with Crippen molar-refractivity contribution in [3.05, 3.63) is 94.5 Å². The normalized spacial score (nSPS) is 11.2. The van der Waals surface area contributed by atoms with Gasteiger partial charge in [0.15, 0.2) is 0 Å². The summed E-state index contributed by atoms with van der Waals surface area (Å²) in [5, 5.41) is 5.83. The smallest absolute Gasteiger partial charge is 0.255 e. The monoisotopic (exact) mass is 460 g/mol. The first-order chi connectivity index (χ1) is 15.6. The van der Waals surface area contributed by atoms with Gasteiger partial charge in [-0.1, -0.05) is 68.3 Å². The highest BCUT2D eigenvalue weighted by Gasteiger charge is 2.14. The van der Waals surface area contributed by atoms with Crippen molar-refractivity contribution in [2.45, 2.75) is 45.8 Å². The molecular formula is C28H32N2O2S. The molecule has 33 heavy (non-hydrogen) atoms. The number of benzene rings is 3. The average molecular weight is 461 g/mol. The van der Waals surface area contributed by atoms with E-state index in [1.54, 1.807) is 17.8 Å². The number of carbonyl (C=O) groups is 2. The lowest BCUT2D eigenvalue weighted by molar-refractivity contribution is -0.113. The van der Waals surface area contributed by atoms with Crippen LogP contribution in [-0.4, -0.2) is 17.6 Å². The second-order valence-corrected chi connectivity index (χ2v) is 10.4. The summed E-state index contributed by atoms with van der Waals surface area (Å²) in [5.41, 5.74) is 6.82. The minimum absolute atomic E-state index is 0.0405. The molecule has 0 saturated heterocycles. The van der Waals surface area contributed by atoms with Gasteiger partial charge in [0, 0.05) is 22.7 Å². The van der Waals surface area contributed by atoms with Crippen LogP contribution in [0.15, 0.2) is 66.7 Å². The van der Waals surface area contributed by atoms with Crippen LogP contribution in [0.5, 0.6) is 0 Å². The summed E-state index contributed by atoms with van der Waals surface area (Å²) in [6.45, 7) is 10.6. The molecule has 0 saturated carbocycles. The fourth-order valence-corrected chi connectivity index (χ4v) is 4.37. The van der Waals surface area contributed by atoms with Crippen molar-refractivity contribution < 1.29 is 9.59 Å². The summed E-state index contributed by atoms with van der Waals surface area (Å²) in [6.07, 6.45) is 0. The molecular weight excluding hydrogens is 428 g/mol. The van der Waals surface area contributed by atoms with E-state index in [1.807, 2.05) is 42.5 Å². The highest BCUT2D eigenvalue weighted by atomic mass is 32.2. The second kappa shape index (κ2) is 10.7. The van der Waals surface area contributed by atoms with Gasteiger partial charge in [-0.2, -0.15) is 0 Å². The molecule has 0 atom stereocenters. The number of thioether (sulfide) groups is 1. The van der Waals surface area contributed by atoms with Crippen molar-refractivity contribution in [2.24, 2.45) is 0 Å². The van der Waals surface area contributed by atoms with Crippen LogP contribution >= 0.6 is 11.8 Å². The lowest BCUT2D eigenvalue weighted by Crippen LogP contribution is -2.16. The average Bonchev–Trinajstić information content (AvgIpc) is 2.73. The molecule has 2 amide bonds. The Morgan fingerprint density at radius 3 is 2.03 bits per heavy atom. The topological polar surface area (TPSA) is 58.2 Å². The van der Waals surface area contributed by atoms with Crippen molar-refractivity contribution in [3.8, 4) is 0 Å². The van der Waals surface area contributed by atoms with Gasteiger partial charge in [-0.15, -0.1) is 11.8 Å². The molecule has 0 heterocycles. The Balaban J connectivity index is 1.53. The molecule has 172 valence electrons. The van der Waals surface area contributed by atoms with Gasteiger partial charge >= 0.3 is 0 Å². The van der Waals surface area contributed by atoms with Gasteiger partial charge in [-0.25, -0.2) is 0 Å². The molecule has 3 rings (SSSR count). The molecule has 0 spiro atoms. The standard InChI is InChI=1S/C28H32N2O2S/c1-19-13-20(2)15-21(14-19)17-33-18-26(31)29-24-7-6-8-25(16-24)30-27(32)22-9-11-23(12-10-22)28(3,4)5/h6-16H,17-18H2,1-5H3,(H,29,31)(H,30,32). The summed E-state index contributed by atoms with van der Waals surface area (Å²) in [7, 11) is 0. The van der Waals surface area contributed by atoms with E-state index in [2.05, 4.69) is 63.5 Å². The van der Waals surface area contributed by atoms with E-state index in [0.717, 1.165) is 5.75 Å². The molecule has 0 radical (unpaired) electrons. The molecule has 0 aliphatic rings. The van der Waals surface area contributed by atoms with E-state index >= 15 is 0 Å². The largest absolute Gasteiger partial charge is 0.325 e. The zero-order valence-corrected chi connectivity index (χ0v) is 20.8. The number of aryl methyl sites for hydroxylation is 2. The number of hydrogen-bond donors (Lipinski definition) is 2. The van der Waals surface area contributed by atoms with Gasteiger partial charge in [0.05, 0.1) is 5.75 Å². The molecule has 0 aliphatic heterocycles. The number of nitrogens with one attached hydrogen (secondary N) is 2. The molecule has 2 N–H and O–H groups in total. The first-order valence-electron chi connectivity index (χ1n) is 11.1. The molecule has 0 aromatic heterocycles. The molecule has 4 nitrogen and oxygen atoms in total.